The van der Waals surface area contributed by atoms with Crippen LogP contribution in [0.15, 0.2) is 121 Å². The van der Waals surface area contributed by atoms with E-state index in [1.165, 1.54) is 0 Å². The second kappa shape index (κ2) is 22.3. The van der Waals surface area contributed by atoms with E-state index in [0.717, 1.165) is 22.3 Å². The number of carbonyl (C=O) groups excluding carboxylic acids is 4. The minimum absolute atomic E-state index is 0. The molecule has 0 bridgehead atoms. The van der Waals surface area contributed by atoms with Crippen molar-refractivity contribution in [1.29, 1.82) is 0 Å². The molecule has 41 heavy (non-hydrogen) atoms. The number of aliphatic carboxylic acids is 4. The van der Waals surface area contributed by atoms with Gasteiger partial charge in [-0.05, 0) is 22.3 Å². The van der Waals surface area contributed by atoms with Gasteiger partial charge in [0.25, 0.3) is 0 Å². The first-order valence-corrected chi connectivity index (χ1v) is 12.1. The van der Waals surface area contributed by atoms with Gasteiger partial charge in [0.1, 0.15) is 0 Å². The fraction of sp³-hybridized carbons (Fsp3) is 0.125. The molecule has 208 valence electrons. The Morgan fingerprint density at radius 3 is 0.610 bits per heavy atom. The van der Waals surface area contributed by atoms with Crippen LogP contribution in [0, 0.1) is 0 Å². The maximum absolute atomic E-state index is 10.1. The zero-order chi connectivity index (χ0) is 29.6. The smallest absolute Gasteiger partial charge is 0.550 e. The van der Waals surface area contributed by atoms with Crippen LogP contribution in [0.3, 0.4) is 0 Å². The molecule has 0 atom stereocenters. The van der Waals surface area contributed by atoms with E-state index in [0.29, 0.717) is 0 Å². The third-order valence-electron chi connectivity index (χ3n) is 4.77. The van der Waals surface area contributed by atoms with Crippen molar-refractivity contribution in [2.75, 3.05) is 0 Å². The summed E-state index contributed by atoms with van der Waals surface area (Å²) in [4.78, 5) is 40.2. The van der Waals surface area contributed by atoms with Crippen molar-refractivity contribution in [3.63, 3.8) is 0 Å². The minimum Gasteiger partial charge on any atom is -0.550 e. The Labute approximate surface area is 253 Å². The SMILES string of the molecule is O=C([O-])Cc1ccccc1.O=C([O-])Cc1ccccc1.O=C([O-])Cc1ccccc1.O=C([O-])Cc1ccccc1.[Ti+4]. The maximum atomic E-state index is 10.1. The first kappa shape index (κ1) is 36.5. The molecular formula is C32H28O8Ti. The van der Waals surface area contributed by atoms with Crippen LogP contribution in [0.1, 0.15) is 22.3 Å². The average molecular weight is 588 g/mol. The summed E-state index contributed by atoms with van der Waals surface area (Å²) in [5.41, 5.74) is 3.12. The van der Waals surface area contributed by atoms with Gasteiger partial charge in [-0.2, -0.15) is 0 Å². The molecule has 0 heterocycles. The first-order valence-electron chi connectivity index (χ1n) is 12.1. The van der Waals surface area contributed by atoms with Crippen molar-refractivity contribution >= 4 is 23.9 Å². The molecule has 8 nitrogen and oxygen atoms in total. The van der Waals surface area contributed by atoms with Crippen LogP contribution in [0.4, 0.5) is 0 Å². The Morgan fingerprint density at radius 1 is 0.341 bits per heavy atom. The Bertz CT molecular complexity index is 1080. The van der Waals surface area contributed by atoms with Crippen LogP contribution in [0.5, 0.6) is 0 Å². The van der Waals surface area contributed by atoms with Gasteiger partial charge in [-0.1, -0.05) is 121 Å². The van der Waals surface area contributed by atoms with Crippen molar-refractivity contribution < 1.29 is 61.3 Å². The van der Waals surface area contributed by atoms with Crippen LogP contribution in [-0.2, 0) is 66.6 Å². The van der Waals surface area contributed by atoms with Crippen molar-refractivity contribution in [2.24, 2.45) is 0 Å². The Morgan fingerprint density at radius 2 is 0.488 bits per heavy atom. The molecule has 0 saturated carbocycles. The number of rotatable bonds is 8. The van der Waals surface area contributed by atoms with Gasteiger partial charge in [0.05, 0.1) is 0 Å². The number of benzene rings is 4. The van der Waals surface area contributed by atoms with Crippen molar-refractivity contribution in [3.8, 4) is 0 Å². The Balaban J connectivity index is 0.000000516. The predicted octanol–water partition coefficient (Wildman–Crippen LogP) is -0.0865. The van der Waals surface area contributed by atoms with Gasteiger partial charge in [0, 0.05) is 49.6 Å². The fourth-order valence-corrected chi connectivity index (χ4v) is 3.05. The summed E-state index contributed by atoms with van der Waals surface area (Å²) >= 11 is 0. The summed E-state index contributed by atoms with van der Waals surface area (Å²) in [7, 11) is 0. The van der Waals surface area contributed by atoms with Crippen LogP contribution in [-0.4, -0.2) is 23.9 Å². The van der Waals surface area contributed by atoms with Gasteiger partial charge in [-0.25, -0.2) is 0 Å². The Kier molecular flexibility index (Phi) is 19.8. The van der Waals surface area contributed by atoms with Gasteiger partial charge in [0.15, 0.2) is 0 Å². The number of hydrogen-bond donors (Lipinski definition) is 0. The molecule has 0 fully saturated rings. The molecule has 4 rings (SSSR count). The number of carbonyl (C=O) groups is 4. The van der Waals surface area contributed by atoms with E-state index < -0.39 is 23.9 Å². The van der Waals surface area contributed by atoms with Gasteiger partial charge in [0.2, 0.25) is 0 Å². The predicted molar refractivity (Wildman–Crippen MR) is 141 cm³/mol. The largest absolute Gasteiger partial charge is 4.00 e. The first-order chi connectivity index (χ1) is 19.2. The normalized spacial score (nSPS) is 8.98. The molecule has 4 aromatic carbocycles. The number of carboxylic acid groups (broad SMARTS) is 4. The van der Waals surface area contributed by atoms with Gasteiger partial charge in [-0.3, -0.25) is 0 Å². The van der Waals surface area contributed by atoms with E-state index in [4.69, 9.17) is 0 Å². The molecule has 4 aromatic rings. The summed E-state index contributed by atoms with van der Waals surface area (Å²) in [5.74, 6) is -4.14. The second-order valence-electron chi connectivity index (χ2n) is 8.14. The molecular weight excluding hydrogens is 560 g/mol. The summed E-state index contributed by atoms with van der Waals surface area (Å²) in [6.07, 6.45) is 0.00333. The molecule has 0 N–H and O–H groups in total. The van der Waals surface area contributed by atoms with E-state index >= 15 is 0 Å². The molecule has 0 amide bonds. The minimum atomic E-state index is -1.04. The van der Waals surface area contributed by atoms with E-state index in [-0.39, 0.29) is 47.4 Å². The third kappa shape index (κ3) is 21.0. The number of carboxylic acids is 4. The van der Waals surface area contributed by atoms with E-state index in [2.05, 4.69) is 0 Å². The molecule has 0 aromatic heterocycles. The summed E-state index contributed by atoms with van der Waals surface area (Å²) in [5, 5.41) is 40.2. The van der Waals surface area contributed by atoms with Crippen LogP contribution in [0.2, 0.25) is 0 Å². The van der Waals surface area contributed by atoms with Crippen molar-refractivity contribution in [3.05, 3.63) is 144 Å². The van der Waals surface area contributed by atoms with E-state index in [1.807, 2.05) is 24.3 Å². The van der Waals surface area contributed by atoms with Crippen LogP contribution >= 0.6 is 0 Å². The van der Waals surface area contributed by atoms with E-state index in [9.17, 15) is 39.6 Å². The summed E-state index contributed by atoms with van der Waals surface area (Å²) < 4.78 is 0. The quantitative estimate of drug-likeness (QED) is 0.258. The molecule has 0 saturated heterocycles. The van der Waals surface area contributed by atoms with Gasteiger partial charge in [-0.15, -0.1) is 0 Å². The molecule has 9 heteroatoms. The van der Waals surface area contributed by atoms with Crippen LogP contribution in [0.25, 0.3) is 0 Å². The number of hydrogen-bond acceptors (Lipinski definition) is 8. The average Bonchev–Trinajstić information content (AvgIpc) is 2.91. The van der Waals surface area contributed by atoms with Gasteiger partial charge >= 0.3 is 21.7 Å². The fourth-order valence-electron chi connectivity index (χ4n) is 3.05. The second-order valence-corrected chi connectivity index (χ2v) is 8.14. The Hall–Kier alpha value is -4.53. The maximum Gasteiger partial charge on any atom is 4.00 e. The molecule has 0 spiro atoms. The molecule has 0 aliphatic heterocycles. The standard InChI is InChI=1S/4C8H8O2.Ti/c4*9-8(10)6-7-4-2-1-3-5-7;/h4*1-5H,6H2,(H,9,10);/q;;;;+4/p-4. The third-order valence-corrected chi connectivity index (χ3v) is 4.77. The summed E-state index contributed by atoms with van der Waals surface area (Å²) in [6, 6.07) is 35.9. The molecule has 0 aliphatic carbocycles. The molecule has 0 unspecified atom stereocenters. The zero-order valence-corrected chi connectivity index (χ0v) is 23.7. The van der Waals surface area contributed by atoms with Gasteiger partial charge < -0.3 is 39.6 Å². The van der Waals surface area contributed by atoms with Crippen LogP contribution < -0.4 is 20.4 Å². The topological polar surface area (TPSA) is 161 Å². The molecule has 0 aliphatic rings. The van der Waals surface area contributed by atoms with E-state index in [1.54, 1.807) is 97.1 Å². The molecule has 0 radical (unpaired) electrons. The summed E-state index contributed by atoms with van der Waals surface area (Å²) in [6.45, 7) is 0. The van der Waals surface area contributed by atoms with Crippen molar-refractivity contribution in [1.82, 2.24) is 0 Å². The zero-order valence-electron chi connectivity index (χ0n) is 22.1. The monoisotopic (exact) mass is 588 g/mol. The van der Waals surface area contributed by atoms with Crippen molar-refractivity contribution in [2.45, 2.75) is 25.7 Å².